The number of hydrogen-bond acceptors (Lipinski definition) is 6. The van der Waals surface area contributed by atoms with Crippen molar-refractivity contribution in [2.24, 2.45) is 0 Å². The van der Waals surface area contributed by atoms with Gasteiger partial charge in [0.2, 0.25) is 0 Å². The summed E-state index contributed by atoms with van der Waals surface area (Å²) in [5.74, 6) is -0.879. The van der Waals surface area contributed by atoms with E-state index >= 15 is 0 Å². The molecule has 0 radical (unpaired) electrons. The summed E-state index contributed by atoms with van der Waals surface area (Å²) in [7, 11) is 0. The molecule has 0 saturated heterocycles. The molecule has 0 aliphatic rings. The normalized spacial score (nSPS) is 11.8. The fourth-order valence-corrected chi connectivity index (χ4v) is 5.62. The Hall–Kier alpha value is -1.59. The summed E-state index contributed by atoms with van der Waals surface area (Å²) >= 11 is 0. The summed E-state index contributed by atoms with van der Waals surface area (Å²) in [6.07, 6.45) is 32.5. The van der Waals surface area contributed by atoms with Crippen molar-refractivity contribution < 1.29 is 28.6 Å². The van der Waals surface area contributed by atoms with Crippen LogP contribution in [-0.4, -0.2) is 37.2 Å². The van der Waals surface area contributed by atoms with Gasteiger partial charge in [-0.15, -0.1) is 0 Å². The third kappa shape index (κ3) is 33.6. The molecule has 0 bridgehead atoms. The Balaban J connectivity index is 4.23. The molecule has 0 amide bonds. The van der Waals surface area contributed by atoms with Gasteiger partial charge in [-0.3, -0.25) is 14.4 Å². The number of unbranched alkanes of at least 4 members (excludes halogenated alkanes) is 24. The molecule has 1 atom stereocenters. The number of esters is 3. The number of carbonyl (C=O) groups is 3. The molecular formula is C39H74O6. The van der Waals surface area contributed by atoms with Gasteiger partial charge in [-0.25, -0.2) is 0 Å². The summed E-state index contributed by atoms with van der Waals surface area (Å²) in [4.78, 5) is 37.2. The van der Waals surface area contributed by atoms with E-state index in [0.29, 0.717) is 19.3 Å². The van der Waals surface area contributed by atoms with E-state index in [1.54, 1.807) is 0 Å². The SMILES string of the molecule is CCCCCCCCCCCCCCCC(=O)OC[C@@H](COC(=O)CCCCCCC)OC(=O)CCCCCCCCCCC. The van der Waals surface area contributed by atoms with Gasteiger partial charge in [0.05, 0.1) is 0 Å². The van der Waals surface area contributed by atoms with Crippen LogP contribution in [0.5, 0.6) is 0 Å². The van der Waals surface area contributed by atoms with Crippen LogP contribution in [0.4, 0.5) is 0 Å². The van der Waals surface area contributed by atoms with Crippen molar-refractivity contribution in [2.45, 2.75) is 219 Å². The number of hydrogen-bond donors (Lipinski definition) is 0. The first kappa shape index (κ1) is 43.4. The van der Waals surface area contributed by atoms with E-state index in [2.05, 4.69) is 20.8 Å². The Morgan fingerprint density at radius 1 is 0.356 bits per heavy atom. The van der Waals surface area contributed by atoms with E-state index in [9.17, 15) is 14.4 Å². The molecule has 0 aliphatic carbocycles. The molecule has 6 nitrogen and oxygen atoms in total. The van der Waals surface area contributed by atoms with Gasteiger partial charge in [-0.2, -0.15) is 0 Å². The molecule has 266 valence electrons. The monoisotopic (exact) mass is 639 g/mol. The molecule has 0 heterocycles. The first-order valence-electron chi connectivity index (χ1n) is 19.5. The standard InChI is InChI=1S/C39H74O6/c1-4-7-10-13-15-17-18-19-20-22-23-26-29-32-38(41)44-35-36(34-43-37(40)31-28-25-12-9-6-3)45-39(42)33-30-27-24-21-16-14-11-8-5-2/h36H,4-35H2,1-3H3/t36-/m1/s1. The van der Waals surface area contributed by atoms with E-state index in [4.69, 9.17) is 14.2 Å². The van der Waals surface area contributed by atoms with Crippen LogP contribution in [0.25, 0.3) is 0 Å². The molecule has 0 spiro atoms. The van der Waals surface area contributed by atoms with Crippen LogP contribution < -0.4 is 0 Å². The van der Waals surface area contributed by atoms with Crippen molar-refractivity contribution >= 4 is 17.9 Å². The molecule has 0 unspecified atom stereocenters. The van der Waals surface area contributed by atoms with E-state index in [1.165, 1.54) is 109 Å². The second kappa shape index (κ2) is 35.3. The largest absolute Gasteiger partial charge is 0.462 e. The lowest BCUT2D eigenvalue weighted by Gasteiger charge is -2.18. The van der Waals surface area contributed by atoms with E-state index in [1.807, 2.05) is 0 Å². The fraction of sp³-hybridized carbons (Fsp3) is 0.923. The Morgan fingerprint density at radius 2 is 0.600 bits per heavy atom. The highest BCUT2D eigenvalue weighted by Crippen LogP contribution is 2.14. The van der Waals surface area contributed by atoms with Gasteiger partial charge >= 0.3 is 17.9 Å². The van der Waals surface area contributed by atoms with Crippen LogP contribution in [0.15, 0.2) is 0 Å². The van der Waals surface area contributed by atoms with Crippen LogP contribution >= 0.6 is 0 Å². The zero-order valence-corrected chi connectivity index (χ0v) is 30.2. The van der Waals surface area contributed by atoms with Gasteiger partial charge in [-0.1, -0.05) is 175 Å². The zero-order chi connectivity index (χ0) is 33.1. The zero-order valence-electron chi connectivity index (χ0n) is 30.2. The number of carbonyl (C=O) groups excluding carboxylic acids is 3. The highest BCUT2D eigenvalue weighted by molar-refractivity contribution is 5.71. The minimum absolute atomic E-state index is 0.0649. The first-order valence-corrected chi connectivity index (χ1v) is 19.5. The second-order valence-corrected chi connectivity index (χ2v) is 13.2. The van der Waals surface area contributed by atoms with Crippen LogP contribution in [0.1, 0.15) is 213 Å². The van der Waals surface area contributed by atoms with Crippen LogP contribution in [0.3, 0.4) is 0 Å². The Morgan fingerprint density at radius 3 is 0.889 bits per heavy atom. The maximum atomic E-state index is 12.5. The average Bonchev–Trinajstić information content (AvgIpc) is 3.03. The molecule has 6 heteroatoms. The maximum absolute atomic E-state index is 12.5. The first-order chi connectivity index (χ1) is 22.0. The smallest absolute Gasteiger partial charge is 0.306 e. The topological polar surface area (TPSA) is 78.9 Å². The van der Waals surface area contributed by atoms with Crippen molar-refractivity contribution in [3.05, 3.63) is 0 Å². The van der Waals surface area contributed by atoms with Gasteiger partial charge in [0.1, 0.15) is 13.2 Å². The summed E-state index contributed by atoms with van der Waals surface area (Å²) < 4.78 is 16.5. The molecule has 45 heavy (non-hydrogen) atoms. The van der Waals surface area contributed by atoms with E-state index in [-0.39, 0.29) is 31.1 Å². The lowest BCUT2D eigenvalue weighted by Crippen LogP contribution is -2.30. The quantitative estimate of drug-likeness (QED) is 0.0390. The van der Waals surface area contributed by atoms with E-state index < -0.39 is 6.10 Å². The third-order valence-electron chi connectivity index (χ3n) is 8.61. The Kier molecular flexibility index (Phi) is 34.0. The van der Waals surface area contributed by atoms with Crippen LogP contribution in [-0.2, 0) is 28.6 Å². The highest BCUT2D eigenvalue weighted by atomic mass is 16.6. The lowest BCUT2D eigenvalue weighted by atomic mass is 10.0. The minimum atomic E-state index is -0.754. The van der Waals surface area contributed by atoms with Gasteiger partial charge in [0.15, 0.2) is 6.10 Å². The third-order valence-corrected chi connectivity index (χ3v) is 8.61. The lowest BCUT2D eigenvalue weighted by molar-refractivity contribution is -0.167. The minimum Gasteiger partial charge on any atom is -0.462 e. The average molecular weight is 639 g/mol. The van der Waals surface area contributed by atoms with Crippen molar-refractivity contribution in [1.82, 2.24) is 0 Å². The molecule has 0 aromatic rings. The second-order valence-electron chi connectivity index (χ2n) is 13.2. The number of rotatable bonds is 35. The molecule has 0 aromatic carbocycles. The number of ether oxygens (including phenoxy) is 3. The summed E-state index contributed by atoms with van der Waals surface area (Å²) in [5, 5.41) is 0. The molecule has 0 aromatic heterocycles. The molecular weight excluding hydrogens is 564 g/mol. The van der Waals surface area contributed by atoms with Gasteiger partial charge in [0.25, 0.3) is 0 Å². The van der Waals surface area contributed by atoms with Gasteiger partial charge in [0, 0.05) is 19.3 Å². The maximum Gasteiger partial charge on any atom is 0.306 e. The summed E-state index contributed by atoms with van der Waals surface area (Å²) in [6.45, 7) is 6.52. The highest BCUT2D eigenvalue weighted by Gasteiger charge is 2.19. The Bertz CT molecular complexity index is 664. The molecule has 0 aliphatic heterocycles. The van der Waals surface area contributed by atoms with Crippen LogP contribution in [0.2, 0.25) is 0 Å². The summed E-state index contributed by atoms with van der Waals surface area (Å²) in [6, 6.07) is 0. The van der Waals surface area contributed by atoms with Gasteiger partial charge < -0.3 is 14.2 Å². The molecule has 0 saturated carbocycles. The Labute approximate surface area is 278 Å². The molecule has 0 fully saturated rings. The predicted octanol–water partition coefficient (Wildman–Crippen LogP) is 11.7. The van der Waals surface area contributed by atoms with Crippen molar-refractivity contribution in [3.8, 4) is 0 Å². The predicted molar refractivity (Wildman–Crippen MR) is 187 cm³/mol. The van der Waals surface area contributed by atoms with Crippen molar-refractivity contribution in [1.29, 1.82) is 0 Å². The van der Waals surface area contributed by atoms with Gasteiger partial charge in [-0.05, 0) is 19.3 Å². The van der Waals surface area contributed by atoms with Crippen molar-refractivity contribution in [3.63, 3.8) is 0 Å². The fourth-order valence-electron chi connectivity index (χ4n) is 5.62. The van der Waals surface area contributed by atoms with E-state index in [0.717, 1.165) is 64.2 Å². The van der Waals surface area contributed by atoms with Crippen LogP contribution in [0, 0.1) is 0 Å². The van der Waals surface area contributed by atoms with Crippen molar-refractivity contribution in [2.75, 3.05) is 13.2 Å². The molecule has 0 rings (SSSR count). The summed E-state index contributed by atoms with van der Waals surface area (Å²) in [5.41, 5.74) is 0. The molecule has 0 N–H and O–H groups in total.